The smallest absolute Gasteiger partial charge is 0.146 e. The van der Waals surface area contributed by atoms with Crippen molar-refractivity contribution in [3.63, 3.8) is 0 Å². The van der Waals surface area contributed by atoms with Gasteiger partial charge in [-0.3, -0.25) is 0 Å². The summed E-state index contributed by atoms with van der Waals surface area (Å²) < 4.78 is 25.6. The van der Waals surface area contributed by atoms with Crippen molar-refractivity contribution in [3.8, 4) is 34.1 Å². The van der Waals surface area contributed by atoms with Crippen LogP contribution in [0.15, 0.2) is 132 Å². The Kier molecular flexibility index (Phi) is 13.4. The molecule has 0 aromatic heterocycles. The van der Waals surface area contributed by atoms with E-state index >= 15 is 0 Å². The summed E-state index contributed by atoms with van der Waals surface area (Å²) >= 11 is 0. The molecular formula is C48H52N2O4. The van der Waals surface area contributed by atoms with E-state index in [-0.39, 0.29) is 0 Å². The van der Waals surface area contributed by atoms with Gasteiger partial charge in [0.05, 0.1) is 26.4 Å². The van der Waals surface area contributed by atoms with Crippen LogP contribution >= 0.6 is 0 Å². The zero-order valence-electron chi connectivity index (χ0n) is 31.4. The van der Waals surface area contributed by atoms with Crippen molar-refractivity contribution in [3.05, 3.63) is 121 Å². The van der Waals surface area contributed by atoms with Crippen molar-refractivity contribution >= 4 is 32.9 Å². The molecule has 1 heterocycles. The van der Waals surface area contributed by atoms with E-state index in [1.165, 1.54) is 47.2 Å². The van der Waals surface area contributed by atoms with E-state index in [0.29, 0.717) is 26.4 Å². The van der Waals surface area contributed by atoms with Gasteiger partial charge in [-0.05, 0) is 83.6 Å². The molecule has 0 unspecified atom stereocenters. The zero-order valence-corrected chi connectivity index (χ0v) is 31.4. The summed E-state index contributed by atoms with van der Waals surface area (Å²) in [6.07, 6.45) is 13.2. The Balaban J connectivity index is 1.06. The molecule has 0 radical (unpaired) electrons. The molecule has 0 atom stereocenters. The number of benzene rings is 6. The molecule has 0 bridgehead atoms. The molecule has 1 aliphatic rings. The van der Waals surface area contributed by atoms with Crippen molar-refractivity contribution in [1.82, 2.24) is 0 Å². The van der Waals surface area contributed by atoms with Crippen LogP contribution in [-0.4, -0.2) is 26.4 Å². The van der Waals surface area contributed by atoms with E-state index in [2.05, 4.69) is 83.0 Å². The lowest BCUT2D eigenvalue weighted by atomic mass is 9.92. The van der Waals surface area contributed by atoms with Crippen LogP contribution in [0, 0.1) is 0 Å². The Bertz CT molecular complexity index is 1980. The Morgan fingerprint density at radius 3 is 1.06 bits per heavy atom. The van der Waals surface area contributed by atoms with Gasteiger partial charge in [0.25, 0.3) is 0 Å². The summed E-state index contributed by atoms with van der Waals surface area (Å²) in [7, 11) is 0. The number of para-hydroxylation sites is 2. The number of nitrogens with zero attached hydrogens (tertiary/aromatic N) is 2. The van der Waals surface area contributed by atoms with Gasteiger partial charge in [-0.1, -0.05) is 136 Å². The van der Waals surface area contributed by atoms with Gasteiger partial charge in [0, 0.05) is 11.1 Å². The molecule has 0 amide bonds. The molecule has 0 saturated carbocycles. The Labute approximate surface area is 320 Å². The van der Waals surface area contributed by atoms with Crippen LogP contribution in [0.3, 0.4) is 0 Å². The molecule has 0 saturated heterocycles. The summed E-state index contributed by atoms with van der Waals surface area (Å²) in [6, 6.07) is 41.6. The SMILES string of the molecule is c1ccc2c(c1)N=Nc1ccccc1OCCCCCCCCOc1ccc3ccccc3c1-c1c(ccc3ccccc13)OCCCCCCCCO2. The highest BCUT2D eigenvalue weighted by Gasteiger charge is 2.19. The number of fused-ring (bicyclic) bond motifs is 9. The van der Waals surface area contributed by atoms with E-state index in [9.17, 15) is 0 Å². The van der Waals surface area contributed by atoms with Gasteiger partial charge >= 0.3 is 0 Å². The normalized spacial score (nSPS) is 15.9. The van der Waals surface area contributed by atoms with E-state index < -0.39 is 0 Å². The van der Waals surface area contributed by atoms with Gasteiger partial charge in [-0.2, -0.15) is 0 Å². The third-order valence-electron chi connectivity index (χ3n) is 10.1. The van der Waals surface area contributed by atoms with Crippen molar-refractivity contribution in [2.75, 3.05) is 26.4 Å². The lowest BCUT2D eigenvalue weighted by Crippen LogP contribution is -2.03. The highest BCUT2D eigenvalue weighted by atomic mass is 16.5. The second kappa shape index (κ2) is 19.6. The van der Waals surface area contributed by atoms with Gasteiger partial charge < -0.3 is 18.9 Å². The molecule has 6 heteroatoms. The van der Waals surface area contributed by atoms with Crippen LogP contribution in [0.5, 0.6) is 23.0 Å². The van der Waals surface area contributed by atoms with Crippen LogP contribution < -0.4 is 18.9 Å². The second-order valence-corrected chi connectivity index (χ2v) is 14.1. The first-order chi connectivity index (χ1) is 26.8. The van der Waals surface area contributed by atoms with Crippen LogP contribution in [0.2, 0.25) is 0 Å². The topological polar surface area (TPSA) is 61.6 Å². The predicted octanol–water partition coefficient (Wildman–Crippen LogP) is 14.0. The lowest BCUT2D eigenvalue weighted by Gasteiger charge is -2.20. The van der Waals surface area contributed by atoms with Crippen molar-refractivity contribution in [2.24, 2.45) is 10.2 Å². The fourth-order valence-electron chi connectivity index (χ4n) is 7.24. The monoisotopic (exact) mass is 720 g/mol. The fraction of sp³-hybridized carbons (Fsp3) is 0.333. The molecule has 54 heavy (non-hydrogen) atoms. The van der Waals surface area contributed by atoms with Crippen LogP contribution in [-0.2, 0) is 0 Å². The highest BCUT2D eigenvalue weighted by Crippen LogP contribution is 2.45. The summed E-state index contributed by atoms with van der Waals surface area (Å²) in [6.45, 7) is 2.66. The van der Waals surface area contributed by atoms with E-state index in [4.69, 9.17) is 18.9 Å². The first kappa shape index (κ1) is 37.0. The molecule has 0 fully saturated rings. The Hall–Kier alpha value is -5.36. The van der Waals surface area contributed by atoms with Crippen molar-refractivity contribution < 1.29 is 18.9 Å². The first-order valence-electron chi connectivity index (χ1n) is 20.0. The molecule has 278 valence electrons. The third-order valence-corrected chi connectivity index (χ3v) is 10.1. The second-order valence-electron chi connectivity index (χ2n) is 14.1. The van der Waals surface area contributed by atoms with Crippen LogP contribution in [0.25, 0.3) is 32.7 Å². The Morgan fingerprint density at radius 1 is 0.296 bits per heavy atom. The van der Waals surface area contributed by atoms with E-state index in [1.807, 2.05) is 48.5 Å². The largest absolute Gasteiger partial charge is 0.493 e. The fourth-order valence-corrected chi connectivity index (χ4v) is 7.24. The molecule has 6 aromatic carbocycles. The predicted molar refractivity (Wildman–Crippen MR) is 221 cm³/mol. The quantitative estimate of drug-likeness (QED) is 0.157. The van der Waals surface area contributed by atoms with Gasteiger partial charge in [-0.15, -0.1) is 10.2 Å². The van der Waals surface area contributed by atoms with Gasteiger partial charge in [0.15, 0.2) is 0 Å². The zero-order chi connectivity index (χ0) is 36.6. The van der Waals surface area contributed by atoms with Crippen molar-refractivity contribution in [2.45, 2.75) is 77.0 Å². The number of hydrogen-bond acceptors (Lipinski definition) is 6. The summed E-state index contributed by atoms with van der Waals surface area (Å²) in [5.41, 5.74) is 3.69. The summed E-state index contributed by atoms with van der Waals surface area (Å²) in [4.78, 5) is 0. The number of rotatable bonds is 0. The van der Waals surface area contributed by atoms with Gasteiger partial charge in [0.2, 0.25) is 0 Å². The van der Waals surface area contributed by atoms with E-state index in [0.717, 1.165) is 96.9 Å². The van der Waals surface area contributed by atoms with Crippen LogP contribution in [0.1, 0.15) is 77.0 Å². The number of azo groups is 1. The van der Waals surface area contributed by atoms with Gasteiger partial charge in [0.1, 0.15) is 34.4 Å². The third kappa shape index (κ3) is 9.79. The maximum atomic E-state index is 6.65. The maximum absolute atomic E-state index is 6.65. The minimum atomic E-state index is 0.653. The molecule has 6 nitrogen and oxygen atoms in total. The standard InChI is InChI=1S/C48H52N2O4/c1-3-7-19-35-53-45-31-29-37-21-9-11-23-39(37)47(45)48-40-24-12-10-22-38(40)30-32-46(48)54-36-20-8-4-2-6-18-34-52-44-28-16-14-26-42(44)50-49-41-25-13-15-27-43(41)51-33-17-5-1/h9-16,21-32H,1-8,17-20,33-36H2. The number of ether oxygens (including phenoxy) is 4. The lowest BCUT2D eigenvalue weighted by molar-refractivity contribution is 0.296. The highest BCUT2D eigenvalue weighted by molar-refractivity contribution is 6.09. The number of hydrogen-bond donors (Lipinski definition) is 0. The molecule has 7 rings (SSSR count). The molecular weight excluding hydrogens is 669 g/mol. The molecule has 0 spiro atoms. The first-order valence-corrected chi connectivity index (χ1v) is 20.0. The van der Waals surface area contributed by atoms with Crippen LogP contribution in [0.4, 0.5) is 11.4 Å². The minimum Gasteiger partial charge on any atom is -0.493 e. The average molecular weight is 721 g/mol. The Morgan fingerprint density at radius 2 is 0.630 bits per heavy atom. The van der Waals surface area contributed by atoms with Gasteiger partial charge in [-0.25, -0.2) is 0 Å². The molecule has 1 aliphatic heterocycles. The van der Waals surface area contributed by atoms with E-state index in [1.54, 1.807) is 0 Å². The maximum Gasteiger partial charge on any atom is 0.146 e. The molecule has 0 aliphatic carbocycles. The average Bonchev–Trinajstić information content (AvgIpc) is 3.21. The summed E-state index contributed by atoms with van der Waals surface area (Å²) in [5.74, 6) is 3.34. The minimum absolute atomic E-state index is 0.653. The summed E-state index contributed by atoms with van der Waals surface area (Å²) in [5, 5.41) is 13.9. The molecule has 6 aromatic rings. The molecule has 0 N–H and O–H groups in total. The van der Waals surface area contributed by atoms with Crippen molar-refractivity contribution in [1.29, 1.82) is 0 Å².